The van der Waals surface area contributed by atoms with Crippen molar-refractivity contribution in [2.45, 2.75) is 51.3 Å². The second-order valence-corrected chi connectivity index (χ2v) is 7.57. The minimum Gasteiger partial charge on any atom is -0.490 e. The molecule has 26 heavy (non-hydrogen) atoms. The number of ether oxygens (including phenoxy) is 1. The van der Waals surface area contributed by atoms with E-state index in [-0.39, 0.29) is 6.10 Å². The largest absolute Gasteiger partial charge is 0.490 e. The fraction of sp³-hybridized carbons (Fsp3) is 0.381. The minimum absolute atomic E-state index is 0.259. The molecular formula is C21H24ClN3O. The molecule has 0 amide bonds. The predicted molar refractivity (Wildman–Crippen MR) is 106 cm³/mol. The van der Waals surface area contributed by atoms with Crippen LogP contribution in [0.5, 0.6) is 5.75 Å². The highest BCUT2D eigenvalue weighted by Crippen LogP contribution is 2.30. The van der Waals surface area contributed by atoms with Gasteiger partial charge in [0.15, 0.2) is 0 Å². The Morgan fingerprint density at radius 1 is 1.19 bits per heavy atom. The lowest BCUT2D eigenvalue weighted by Crippen LogP contribution is -2.37. The molecule has 1 aliphatic rings. The van der Waals surface area contributed by atoms with Crippen LogP contribution in [0.3, 0.4) is 0 Å². The molecule has 0 spiro atoms. The van der Waals surface area contributed by atoms with Gasteiger partial charge in [-0.2, -0.15) is 5.10 Å². The van der Waals surface area contributed by atoms with Gasteiger partial charge in [0.25, 0.3) is 0 Å². The zero-order chi connectivity index (χ0) is 17.9. The normalized spacial score (nSPS) is 20.4. The molecule has 1 saturated carbocycles. The summed E-state index contributed by atoms with van der Waals surface area (Å²) in [5.41, 5.74) is 3.48. The number of aryl methyl sites for hydroxylation is 1. The molecule has 1 heterocycles. The van der Waals surface area contributed by atoms with E-state index in [1.54, 1.807) is 0 Å². The lowest BCUT2D eigenvalue weighted by atomic mass is 9.92. The molecule has 2 atom stereocenters. The molecule has 2 aromatic carbocycles. The molecule has 5 heteroatoms. The van der Waals surface area contributed by atoms with Gasteiger partial charge in [-0.3, -0.25) is 5.10 Å². The van der Waals surface area contributed by atoms with Gasteiger partial charge >= 0.3 is 0 Å². The van der Waals surface area contributed by atoms with Gasteiger partial charge in [0.05, 0.1) is 11.7 Å². The van der Waals surface area contributed by atoms with Crippen molar-refractivity contribution in [3.05, 3.63) is 58.7 Å². The zero-order valence-corrected chi connectivity index (χ0v) is 15.7. The Morgan fingerprint density at radius 3 is 2.88 bits per heavy atom. The summed E-state index contributed by atoms with van der Waals surface area (Å²) in [5, 5.41) is 12.7. The van der Waals surface area contributed by atoms with Crippen LogP contribution >= 0.6 is 11.6 Å². The predicted octanol–water partition coefficient (Wildman–Crippen LogP) is 5.00. The molecule has 4 nitrogen and oxygen atoms in total. The SMILES string of the molecule is Cc1c(OC2CCCC(NCc3ccc(Cl)cc3)C2)ccc2[nH]ncc12. The van der Waals surface area contributed by atoms with Gasteiger partial charge in [0.2, 0.25) is 0 Å². The Hall–Kier alpha value is -2.04. The zero-order valence-electron chi connectivity index (χ0n) is 15.0. The summed E-state index contributed by atoms with van der Waals surface area (Å²) >= 11 is 5.96. The Morgan fingerprint density at radius 2 is 2.04 bits per heavy atom. The highest BCUT2D eigenvalue weighted by molar-refractivity contribution is 6.30. The van der Waals surface area contributed by atoms with Crippen LogP contribution in [0.15, 0.2) is 42.6 Å². The van der Waals surface area contributed by atoms with Crippen LogP contribution in [0.4, 0.5) is 0 Å². The van der Waals surface area contributed by atoms with Crippen molar-refractivity contribution in [3.63, 3.8) is 0 Å². The Kier molecular flexibility index (Phi) is 5.14. The third kappa shape index (κ3) is 3.87. The number of hydrogen-bond acceptors (Lipinski definition) is 3. The lowest BCUT2D eigenvalue weighted by Gasteiger charge is -2.31. The molecule has 1 aromatic heterocycles. The summed E-state index contributed by atoms with van der Waals surface area (Å²) in [6.45, 7) is 2.97. The fourth-order valence-corrected chi connectivity index (χ4v) is 3.87. The quantitative estimate of drug-likeness (QED) is 0.665. The number of aromatic amines is 1. The van der Waals surface area contributed by atoms with E-state index in [1.165, 1.54) is 18.4 Å². The third-order valence-electron chi connectivity index (χ3n) is 5.27. The van der Waals surface area contributed by atoms with Crippen LogP contribution in [0, 0.1) is 6.92 Å². The Balaban J connectivity index is 1.36. The summed E-state index contributed by atoms with van der Waals surface area (Å²) in [4.78, 5) is 0. The maximum atomic E-state index is 6.36. The summed E-state index contributed by atoms with van der Waals surface area (Å²) in [7, 11) is 0. The maximum absolute atomic E-state index is 6.36. The number of nitrogens with one attached hydrogen (secondary N) is 2. The van der Waals surface area contributed by atoms with E-state index in [9.17, 15) is 0 Å². The first-order chi connectivity index (χ1) is 12.7. The number of nitrogens with zero attached hydrogens (tertiary/aromatic N) is 1. The molecule has 1 fully saturated rings. The van der Waals surface area contributed by atoms with Crippen LogP contribution in [0.25, 0.3) is 10.9 Å². The molecule has 0 radical (unpaired) electrons. The van der Waals surface area contributed by atoms with E-state index < -0.39 is 0 Å². The van der Waals surface area contributed by atoms with Crippen LogP contribution < -0.4 is 10.1 Å². The number of benzene rings is 2. The van der Waals surface area contributed by atoms with Crippen LogP contribution in [-0.2, 0) is 6.54 Å². The van der Waals surface area contributed by atoms with Crippen molar-refractivity contribution in [1.82, 2.24) is 15.5 Å². The van der Waals surface area contributed by atoms with Gasteiger partial charge in [-0.25, -0.2) is 0 Å². The van der Waals surface area contributed by atoms with Crippen LogP contribution in [0.2, 0.25) is 5.02 Å². The van der Waals surface area contributed by atoms with Crippen molar-refractivity contribution in [3.8, 4) is 5.75 Å². The van der Waals surface area contributed by atoms with Gasteiger partial charge in [-0.1, -0.05) is 23.7 Å². The van der Waals surface area contributed by atoms with E-state index in [0.29, 0.717) is 6.04 Å². The first-order valence-electron chi connectivity index (χ1n) is 9.26. The monoisotopic (exact) mass is 369 g/mol. The molecular weight excluding hydrogens is 346 g/mol. The van der Waals surface area contributed by atoms with Crippen molar-refractivity contribution < 1.29 is 4.74 Å². The molecule has 0 saturated heterocycles. The topological polar surface area (TPSA) is 49.9 Å². The maximum Gasteiger partial charge on any atom is 0.123 e. The summed E-state index contributed by atoms with van der Waals surface area (Å²) < 4.78 is 6.36. The van der Waals surface area contributed by atoms with Gasteiger partial charge in [0, 0.05) is 28.6 Å². The van der Waals surface area contributed by atoms with Crippen molar-refractivity contribution in [2.75, 3.05) is 0 Å². The molecule has 2 unspecified atom stereocenters. The van der Waals surface area contributed by atoms with E-state index in [0.717, 1.165) is 46.6 Å². The molecule has 1 aliphatic carbocycles. The Labute approximate surface area is 158 Å². The van der Waals surface area contributed by atoms with E-state index in [4.69, 9.17) is 16.3 Å². The number of hydrogen-bond donors (Lipinski definition) is 2. The second kappa shape index (κ2) is 7.68. The van der Waals surface area contributed by atoms with Gasteiger partial charge in [-0.05, 0) is 62.4 Å². The molecule has 136 valence electrons. The lowest BCUT2D eigenvalue weighted by molar-refractivity contribution is 0.133. The number of fused-ring (bicyclic) bond motifs is 1. The molecule has 0 aliphatic heterocycles. The van der Waals surface area contributed by atoms with Crippen molar-refractivity contribution >= 4 is 22.5 Å². The average Bonchev–Trinajstić information content (AvgIpc) is 3.14. The van der Waals surface area contributed by atoms with E-state index in [2.05, 4.69) is 40.6 Å². The second-order valence-electron chi connectivity index (χ2n) is 7.13. The highest BCUT2D eigenvalue weighted by atomic mass is 35.5. The number of rotatable bonds is 5. The molecule has 2 N–H and O–H groups in total. The van der Waals surface area contributed by atoms with Crippen LogP contribution in [-0.4, -0.2) is 22.3 Å². The highest BCUT2D eigenvalue weighted by Gasteiger charge is 2.23. The number of aromatic nitrogens is 2. The van der Waals surface area contributed by atoms with Gasteiger partial charge < -0.3 is 10.1 Å². The third-order valence-corrected chi connectivity index (χ3v) is 5.52. The first-order valence-corrected chi connectivity index (χ1v) is 9.64. The summed E-state index contributed by atoms with van der Waals surface area (Å²) in [6, 6.07) is 12.6. The van der Waals surface area contributed by atoms with Crippen LogP contribution in [0.1, 0.15) is 36.8 Å². The standard InChI is InChI=1S/C21H24ClN3O/c1-14-19-13-24-25-20(19)9-10-21(14)26-18-4-2-3-17(11-18)23-12-15-5-7-16(22)8-6-15/h5-10,13,17-18,23H,2-4,11-12H2,1H3,(H,24,25). The average molecular weight is 370 g/mol. The number of H-pyrrole nitrogens is 1. The number of halogens is 1. The smallest absolute Gasteiger partial charge is 0.123 e. The summed E-state index contributed by atoms with van der Waals surface area (Å²) in [5.74, 6) is 0.974. The molecule has 4 rings (SSSR count). The van der Waals surface area contributed by atoms with Gasteiger partial charge in [-0.15, -0.1) is 0 Å². The van der Waals surface area contributed by atoms with Crippen molar-refractivity contribution in [2.24, 2.45) is 0 Å². The van der Waals surface area contributed by atoms with Crippen molar-refractivity contribution in [1.29, 1.82) is 0 Å². The van der Waals surface area contributed by atoms with E-state index >= 15 is 0 Å². The minimum atomic E-state index is 0.259. The molecule has 0 bridgehead atoms. The molecule has 3 aromatic rings. The fourth-order valence-electron chi connectivity index (χ4n) is 3.75. The Bertz CT molecular complexity index is 875. The summed E-state index contributed by atoms with van der Waals surface area (Å²) in [6.07, 6.45) is 6.67. The van der Waals surface area contributed by atoms with Gasteiger partial charge in [0.1, 0.15) is 11.9 Å². The van der Waals surface area contributed by atoms with E-state index in [1.807, 2.05) is 24.4 Å². The first kappa shape index (κ1) is 17.4.